The van der Waals surface area contributed by atoms with Gasteiger partial charge in [0, 0.05) is 37.7 Å². The molecule has 0 spiro atoms. The van der Waals surface area contributed by atoms with Gasteiger partial charge in [0.05, 0.1) is 9.79 Å². The molecule has 8 heteroatoms. The summed E-state index contributed by atoms with van der Waals surface area (Å²) in [6.07, 6.45) is 7.17. The van der Waals surface area contributed by atoms with Gasteiger partial charge in [-0.1, -0.05) is 54.6 Å². The van der Waals surface area contributed by atoms with E-state index in [1.165, 1.54) is 6.26 Å². The summed E-state index contributed by atoms with van der Waals surface area (Å²) in [5.41, 5.74) is 4.88. The molecule has 3 aromatic carbocycles. The third kappa shape index (κ3) is 5.57. The molecule has 1 aliphatic heterocycles. The summed E-state index contributed by atoms with van der Waals surface area (Å²) in [7, 11) is -6.83. The fraction of sp³-hybridized carbons (Fsp3) is 0.233. The highest BCUT2D eigenvalue weighted by atomic mass is 32.2. The molecule has 0 radical (unpaired) electrons. The lowest BCUT2D eigenvalue weighted by molar-refractivity contribution is 0.477. The summed E-state index contributed by atoms with van der Waals surface area (Å²) in [5.74, 6) is -0.124. The van der Waals surface area contributed by atoms with Gasteiger partial charge in [0.1, 0.15) is 0 Å². The number of aromatic nitrogens is 1. The molecule has 0 saturated carbocycles. The summed E-state index contributed by atoms with van der Waals surface area (Å²) < 4.78 is 52.1. The average Bonchev–Trinajstić information content (AvgIpc) is 3.48. The Hall–Kier alpha value is -3.33. The Balaban J connectivity index is 1.51. The van der Waals surface area contributed by atoms with Crippen molar-refractivity contribution in [2.24, 2.45) is 0 Å². The molecule has 196 valence electrons. The van der Waals surface area contributed by atoms with Crippen molar-refractivity contribution in [3.05, 3.63) is 114 Å². The molecule has 1 atom stereocenters. The standard InChI is InChI=1S/C30H30N2O4S2/c1-37(33,34)28-11-6-9-24(20-28)30(26-10-7-17-31-22-26)21-25-8-2-3-12-29(25)23-13-15-27(16-14-23)38(35,36)32-18-4-5-19-32/h2-3,6-17,20,22,30H,4-5,18-19,21H2,1H3. The second-order valence-corrected chi connectivity index (χ2v) is 13.6. The van der Waals surface area contributed by atoms with E-state index in [9.17, 15) is 16.8 Å². The molecule has 0 N–H and O–H groups in total. The van der Waals surface area contributed by atoms with Crippen molar-refractivity contribution in [1.82, 2.24) is 9.29 Å². The van der Waals surface area contributed by atoms with Crippen molar-refractivity contribution in [3.8, 4) is 11.1 Å². The van der Waals surface area contributed by atoms with E-state index in [0.29, 0.717) is 24.4 Å². The first kappa shape index (κ1) is 26.3. The zero-order chi connectivity index (χ0) is 26.8. The lowest BCUT2D eigenvalue weighted by Crippen LogP contribution is -2.27. The maximum atomic E-state index is 13.0. The molecule has 1 fully saturated rings. The van der Waals surface area contributed by atoms with Crippen LogP contribution in [0.3, 0.4) is 0 Å². The second-order valence-electron chi connectivity index (χ2n) is 9.68. The van der Waals surface area contributed by atoms with Gasteiger partial charge >= 0.3 is 0 Å². The summed E-state index contributed by atoms with van der Waals surface area (Å²) in [4.78, 5) is 4.91. The van der Waals surface area contributed by atoms with Crippen molar-refractivity contribution in [3.63, 3.8) is 0 Å². The Morgan fingerprint density at radius 3 is 2.18 bits per heavy atom. The Bertz CT molecular complexity index is 1630. The first-order chi connectivity index (χ1) is 18.2. The Morgan fingerprint density at radius 2 is 1.50 bits per heavy atom. The van der Waals surface area contributed by atoms with Gasteiger partial charge in [-0.15, -0.1) is 0 Å². The summed E-state index contributed by atoms with van der Waals surface area (Å²) in [5, 5.41) is 0. The number of nitrogens with zero attached hydrogens (tertiary/aromatic N) is 2. The van der Waals surface area contributed by atoms with Crippen molar-refractivity contribution < 1.29 is 16.8 Å². The van der Waals surface area contributed by atoms with Gasteiger partial charge in [0.2, 0.25) is 10.0 Å². The SMILES string of the molecule is CS(=O)(=O)c1cccc(C(Cc2ccccc2-c2ccc(S(=O)(=O)N3CCCC3)cc2)c2cccnc2)c1. The molecule has 1 aliphatic rings. The number of benzene rings is 3. The lowest BCUT2D eigenvalue weighted by Gasteiger charge is -2.21. The molecule has 4 aromatic rings. The minimum Gasteiger partial charge on any atom is -0.264 e. The molecule has 6 nitrogen and oxygen atoms in total. The van der Waals surface area contributed by atoms with Gasteiger partial charge < -0.3 is 0 Å². The largest absolute Gasteiger partial charge is 0.264 e. The summed E-state index contributed by atoms with van der Waals surface area (Å²) >= 11 is 0. The van der Waals surface area contributed by atoms with Crippen LogP contribution in [-0.4, -0.2) is 45.5 Å². The molecule has 1 saturated heterocycles. The third-order valence-corrected chi connectivity index (χ3v) is 10.1. The van der Waals surface area contributed by atoms with E-state index < -0.39 is 19.9 Å². The van der Waals surface area contributed by atoms with Crippen molar-refractivity contribution in [1.29, 1.82) is 0 Å². The van der Waals surface area contributed by atoms with E-state index >= 15 is 0 Å². The normalized spacial score (nSPS) is 15.4. The number of hydrogen-bond acceptors (Lipinski definition) is 5. The van der Waals surface area contributed by atoms with Crippen LogP contribution in [0.4, 0.5) is 0 Å². The van der Waals surface area contributed by atoms with E-state index in [1.54, 1.807) is 40.8 Å². The summed E-state index contributed by atoms with van der Waals surface area (Å²) in [6.45, 7) is 1.15. The van der Waals surface area contributed by atoms with Crippen LogP contribution in [0.2, 0.25) is 0 Å². The molecule has 0 bridgehead atoms. The van der Waals surface area contributed by atoms with Crippen LogP contribution in [0.5, 0.6) is 0 Å². The Labute approximate surface area is 225 Å². The maximum Gasteiger partial charge on any atom is 0.243 e. The first-order valence-corrected chi connectivity index (χ1v) is 15.9. The number of pyridine rings is 1. The molecule has 1 aromatic heterocycles. The van der Waals surface area contributed by atoms with E-state index in [-0.39, 0.29) is 10.8 Å². The number of hydrogen-bond donors (Lipinski definition) is 0. The van der Waals surface area contributed by atoms with Gasteiger partial charge in [-0.3, -0.25) is 4.98 Å². The first-order valence-electron chi connectivity index (χ1n) is 12.6. The molecule has 38 heavy (non-hydrogen) atoms. The zero-order valence-corrected chi connectivity index (χ0v) is 22.8. The van der Waals surface area contributed by atoms with Gasteiger partial charge in [-0.05, 0) is 77.4 Å². The second kappa shape index (κ2) is 10.8. The zero-order valence-electron chi connectivity index (χ0n) is 21.2. The molecular weight excluding hydrogens is 516 g/mol. The number of sulfonamides is 1. The van der Waals surface area contributed by atoms with Gasteiger partial charge in [0.25, 0.3) is 0 Å². The fourth-order valence-corrected chi connectivity index (χ4v) is 7.25. The number of rotatable bonds is 8. The van der Waals surface area contributed by atoms with Crippen LogP contribution in [-0.2, 0) is 26.3 Å². The minimum absolute atomic E-state index is 0.124. The lowest BCUT2D eigenvalue weighted by atomic mass is 9.84. The molecule has 5 rings (SSSR count). The van der Waals surface area contributed by atoms with E-state index in [2.05, 4.69) is 11.1 Å². The Morgan fingerprint density at radius 1 is 0.789 bits per heavy atom. The molecule has 1 unspecified atom stereocenters. The van der Waals surface area contributed by atoms with Gasteiger partial charge in [-0.2, -0.15) is 4.31 Å². The molecule has 0 aliphatic carbocycles. The van der Waals surface area contributed by atoms with E-state index in [1.807, 2.05) is 54.7 Å². The average molecular weight is 547 g/mol. The van der Waals surface area contributed by atoms with Crippen LogP contribution in [0, 0.1) is 0 Å². The highest BCUT2D eigenvalue weighted by Gasteiger charge is 2.27. The van der Waals surface area contributed by atoms with Gasteiger partial charge in [0.15, 0.2) is 9.84 Å². The van der Waals surface area contributed by atoms with Crippen LogP contribution in [0.15, 0.2) is 107 Å². The van der Waals surface area contributed by atoms with Crippen LogP contribution in [0.25, 0.3) is 11.1 Å². The van der Waals surface area contributed by atoms with E-state index in [0.717, 1.165) is 40.7 Å². The monoisotopic (exact) mass is 546 g/mol. The minimum atomic E-state index is -3.48. The molecule has 0 amide bonds. The van der Waals surface area contributed by atoms with E-state index in [4.69, 9.17) is 0 Å². The summed E-state index contributed by atoms with van der Waals surface area (Å²) in [6, 6.07) is 26.1. The van der Waals surface area contributed by atoms with Crippen molar-refractivity contribution >= 4 is 19.9 Å². The van der Waals surface area contributed by atoms with Crippen LogP contribution >= 0.6 is 0 Å². The van der Waals surface area contributed by atoms with Crippen LogP contribution in [0.1, 0.15) is 35.4 Å². The highest BCUT2D eigenvalue weighted by Crippen LogP contribution is 2.34. The Kier molecular flexibility index (Phi) is 7.47. The van der Waals surface area contributed by atoms with Crippen LogP contribution < -0.4 is 0 Å². The smallest absolute Gasteiger partial charge is 0.243 e. The molecule has 2 heterocycles. The topological polar surface area (TPSA) is 84.4 Å². The fourth-order valence-electron chi connectivity index (χ4n) is 5.06. The highest BCUT2D eigenvalue weighted by molar-refractivity contribution is 7.90. The number of sulfone groups is 1. The third-order valence-electron chi connectivity index (χ3n) is 7.08. The quantitative estimate of drug-likeness (QED) is 0.299. The van der Waals surface area contributed by atoms with Gasteiger partial charge in [-0.25, -0.2) is 16.8 Å². The maximum absolute atomic E-state index is 13.0. The van der Waals surface area contributed by atoms with Crippen molar-refractivity contribution in [2.45, 2.75) is 35.0 Å². The predicted octanol–water partition coefficient (Wildman–Crippen LogP) is 5.31. The van der Waals surface area contributed by atoms with Crippen molar-refractivity contribution in [2.75, 3.05) is 19.3 Å². The predicted molar refractivity (Wildman–Crippen MR) is 149 cm³/mol. The molecular formula is C30H30N2O4S2.